The van der Waals surface area contributed by atoms with Crippen LogP contribution in [0.4, 0.5) is 0 Å². The van der Waals surface area contributed by atoms with Gasteiger partial charge in [0.25, 0.3) is 0 Å². The molecule has 0 saturated heterocycles. The van der Waals surface area contributed by atoms with Crippen LogP contribution in [0.5, 0.6) is 0 Å². The molecule has 1 aromatic carbocycles. The van der Waals surface area contributed by atoms with Crippen molar-refractivity contribution in [2.45, 2.75) is 96.9 Å². The number of hydrogen-bond donors (Lipinski definition) is 4. The Balaban J connectivity index is 1.36. The number of hydrogen-bond acceptors (Lipinski definition) is 4. The molecule has 200 valence electrons. The first-order chi connectivity index (χ1) is 17.1. The molecule has 0 unspecified atom stereocenters. The second-order valence-electron chi connectivity index (χ2n) is 13.5. The molecule has 36 heavy (non-hydrogen) atoms. The van der Waals surface area contributed by atoms with Crippen LogP contribution in [0.2, 0.25) is 0 Å². The number of aliphatic hydroxyl groups excluding tert-OH is 3. The molecule has 1 aromatic rings. The smallest absolute Gasteiger partial charge is 0.306 e. The number of aliphatic carboxylic acids is 1. The fourth-order valence-corrected chi connectivity index (χ4v) is 9.91. The first-order valence-corrected chi connectivity index (χ1v) is 14.4. The fourth-order valence-electron chi connectivity index (χ4n) is 9.91. The van der Waals surface area contributed by atoms with Crippen LogP contribution in [-0.4, -0.2) is 44.7 Å². The van der Waals surface area contributed by atoms with Crippen LogP contribution in [0.25, 0.3) is 0 Å². The summed E-state index contributed by atoms with van der Waals surface area (Å²) in [5, 5.41) is 43.6. The summed E-state index contributed by atoms with van der Waals surface area (Å²) in [5.74, 6) is 0.308. The number of carboxylic acids is 1. The van der Waals surface area contributed by atoms with Crippen molar-refractivity contribution in [1.29, 1.82) is 0 Å². The summed E-state index contributed by atoms with van der Waals surface area (Å²) < 4.78 is 0. The second-order valence-corrected chi connectivity index (χ2v) is 13.5. The van der Waals surface area contributed by atoms with Crippen LogP contribution in [-0.2, 0) is 11.2 Å². The van der Waals surface area contributed by atoms with Gasteiger partial charge < -0.3 is 20.4 Å². The van der Waals surface area contributed by atoms with Gasteiger partial charge >= 0.3 is 5.97 Å². The van der Waals surface area contributed by atoms with Gasteiger partial charge in [-0.2, -0.15) is 0 Å². The standard InChI is InChI=1S/C31H46O5/c1-18(13-20(29(35)36)14-19-7-5-4-6-8-19)23-9-10-24-28-25(17-27(34)31(23,24)3)30(2)12-11-22(32)15-21(30)16-26(28)33/h4-8,18,20-28,32-34H,9-17H2,1-3H3,(H,35,36)/t18-,20-,21+,22-,23-,24+,25+,26-,27+,28+,30+,31-/m1/s1. The molecule has 0 amide bonds. The highest BCUT2D eigenvalue weighted by Crippen LogP contribution is 2.68. The minimum absolute atomic E-state index is 0.0687. The molecule has 12 atom stereocenters. The Bertz CT molecular complexity index is 934. The number of carboxylic acid groups (broad SMARTS) is 1. The van der Waals surface area contributed by atoms with E-state index in [4.69, 9.17) is 0 Å². The van der Waals surface area contributed by atoms with Crippen LogP contribution in [0.15, 0.2) is 30.3 Å². The number of aliphatic hydroxyl groups is 3. The molecule has 5 rings (SSSR count). The molecule has 0 aliphatic heterocycles. The summed E-state index contributed by atoms with van der Waals surface area (Å²) in [6, 6.07) is 9.88. The SMILES string of the molecule is C[C@H](C[C@H](Cc1ccccc1)C(=O)O)[C@H]1CC[C@H]2[C@@H]3[C@H](O)C[C@@H]4C[C@H](O)CC[C@]4(C)[C@H]3C[C@H](O)[C@]12C. The summed E-state index contributed by atoms with van der Waals surface area (Å²) in [4.78, 5) is 12.2. The maximum Gasteiger partial charge on any atom is 0.306 e. The van der Waals surface area contributed by atoms with Gasteiger partial charge in [-0.25, -0.2) is 0 Å². The van der Waals surface area contributed by atoms with E-state index in [0.717, 1.165) is 44.1 Å². The first kappa shape index (κ1) is 26.2. The van der Waals surface area contributed by atoms with Crippen molar-refractivity contribution in [3.05, 3.63) is 35.9 Å². The second kappa shape index (κ2) is 9.71. The molecule has 0 radical (unpaired) electrons. The summed E-state index contributed by atoms with van der Waals surface area (Å²) in [6.45, 7) is 6.79. The largest absolute Gasteiger partial charge is 0.481 e. The van der Waals surface area contributed by atoms with Crippen LogP contribution in [0, 0.1) is 52.3 Å². The normalized spacial score (nSPS) is 45.7. The third-order valence-corrected chi connectivity index (χ3v) is 11.9. The molecular weight excluding hydrogens is 452 g/mol. The average molecular weight is 499 g/mol. The third-order valence-electron chi connectivity index (χ3n) is 11.9. The molecule has 4 N–H and O–H groups in total. The van der Waals surface area contributed by atoms with E-state index in [0.29, 0.717) is 25.2 Å². The summed E-state index contributed by atoms with van der Waals surface area (Å²) in [6.07, 6.45) is 6.09. The van der Waals surface area contributed by atoms with Crippen LogP contribution in [0.1, 0.15) is 77.7 Å². The highest BCUT2D eigenvalue weighted by molar-refractivity contribution is 5.70. The van der Waals surface area contributed by atoms with E-state index in [9.17, 15) is 25.2 Å². The van der Waals surface area contributed by atoms with Gasteiger partial charge in [0.05, 0.1) is 24.2 Å². The highest BCUT2D eigenvalue weighted by Gasteiger charge is 2.65. The van der Waals surface area contributed by atoms with E-state index in [1.165, 1.54) is 0 Å². The third kappa shape index (κ3) is 4.23. The van der Waals surface area contributed by atoms with Crippen molar-refractivity contribution in [2.24, 2.45) is 52.3 Å². The summed E-state index contributed by atoms with van der Waals surface area (Å²) >= 11 is 0. The van der Waals surface area contributed by atoms with Crippen molar-refractivity contribution in [3.8, 4) is 0 Å². The molecular formula is C31H46O5. The maximum absolute atomic E-state index is 12.2. The first-order valence-electron chi connectivity index (χ1n) is 14.4. The Labute approximate surface area is 216 Å². The van der Waals surface area contributed by atoms with Crippen molar-refractivity contribution < 1.29 is 25.2 Å². The predicted molar refractivity (Wildman–Crippen MR) is 139 cm³/mol. The molecule has 0 heterocycles. The molecule has 4 aliphatic rings. The van der Waals surface area contributed by atoms with Crippen molar-refractivity contribution >= 4 is 5.97 Å². The Kier molecular flexibility index (Phi) is 7.06. The van der Waals surface area contributed by atoms with Gasteiger partial charge in [0.1, 0.15) is 0 Å². The lowest BCUT2D eigenvalue weighted by Gasteiger charge is -2.63. The van der Waals surface area contributed by atoms with E-state index in [1.54, 1.807) is 0 Å². The van der Waals surface area contributed by atoms with Crippen LogP contribution >= 0.6 is 0 Å². The van der Waals surface area contributed by atoms with Gasteiger partial charge in [-0.3, -0.25) is 4.79 Å². The van der Waals surface area contributed by atoms with Crippen LogP contribution < -0.4 is 0 Å². The Morgan fingerprint density at radius 2 is 1.72 bits per heavy atom. The molecule has 5 heteroatoms. The highest BCUT2D eigenvalue weighted by atomic mass is 16.4. The molecule has 0 bridgehead atoms. The van der Waals surface area contributed by atoms with Crippen molar-refractivity contribution in [3.63, 3.8) is 0 Å². The monoisotopic (exact) mass is 498 g/mol. The van der Waals surface area contributed by atoms with Crippen LogP contribution in [0.3, 0.4) is 0 Å². The lowest BCUT2D eigenvalue weighted by atomic mass is 9.43. The number of benzene rings is 1. The topological polar surface area (TPSA) is 98.0 Å². The lowest BCUT2D eigenvalue weighted by Crippen LogP contribution is -2.62. The van der Waals surface area contributed by atoms with Gasteiger partial charge in [0, 0.05) is 0 Å². The minimum atomic E-state index is -0.740. The zero-order valence-electron chi connectivity index (χ0n) is 22.2. The lowest BCUT2D eigenvalue weighted by molar-refractivity contribution is -0.207. The molecule has 4 saturated carbocycles. The molecule has 4 fully saturated rings. The quantitative estimate of drug-likeness (QED) is 0.446. The summed E-state index contributed by atoms with van der Waals surface area (Å²) in [5.41, 5.74) is 0.826. The van der Waals surface area contributed by atoms with E-state index in [2.05, 4.69) is 20.8 Å². The van der Waals surface area contributed by atoms with E-state index < -0.39 is 18.0 Å². The maximum atomic E-state index is 12.2. The van der Waals surface area contributed by atoms with E-state index in [-0.39, 0.29) is 52.6 Å². The average Bonchev–Trinajstić information content (AvgIpc) is 3.19. The molecule has 4 aliphatic carbocycles. The van der Waals surface area contributed by atoms with Crippen molar-refractivity contribution in [1.82, 2.24) is 0 Å². The molecule has 0 aromatic heterocycles. The summed E-state index contributed by atoms with van der Waals surface area (Å²) in [7, 11) is 0. The van der Waals surface area contributed by atoms with Gasteiger partial charge in [0.15, 0.2) is 0 Å². The molecule has 0 spiro atoms. The van der Waals surface area contributed by atoms with E-state index >= 15 is 0 Å². The predicted octanol–water partition coefficient (Wildman–Crippen LogP) is 4.92. The van der Waals surface area contributed by atoms with E-state index in [1.807, 2.05) is 30.3 Å². The number of carbonyl (C=O) groups is 1. The Hall–Kier alpha value is -1.43. The Morgan fingerprint density at radius 1 is 1.00 bits per heavy atom. The zero-order valence-corrected chi connectivity index (χ0v) is 22.2. The number of fused-ring (bicyclic) bond motifs is 5. The van der Waals surface area contributed by atoms with Gasteiger partial charge in [0.2, 0.25) is 0 Å². The minimum Gasteiger partial charge on any atom is -0.481 e. The number of rotatable bonds is 6. The zero-order chi connectivity index (χ0) is 25.8. The fraction of sp³-hybridized carbons (Fsp3) is 0.774. The van der Waals surface area contributed by atoms with Crippen molar-refractivity contribution in [2.75, 3.05) is 0 Å². The van der Waals surface area contributed by atoms with Gasteiger partial charge in [-0.1, -0.05) is 51.1 Å². The Morgan fingerprint density at radius 3 is 2.42 bits per heavy atom. The van der Waals surface area contributed by atoms with Gasteiger partial charge in [-0.15, -0.1) is 0 Å². The molecule has 5 nitrogen and oxygen atoms in total. The van der Waals surface area contributed by atoms with Gasteiger partial charge in [-0.05, 0) is 110 Å².